The highest BCUT2D eigenvalue weighted by molar-refractivity contribution is 14.1. The summed E-state index contributed by atoms with van der Waals surface area (Å²) < 4.78 is 21.4. The lowest BCUT2D eigenvalue weighted by atomic mass is 10.0. The van der Waals surface area contributed by atoms with Crippen LogP contribution in [0, 0.1) is 9.39 Å². The third kappa shape index (κ3) is 5.12. The van der Waals surface area contributed by atoms with Crippen LogP contribution in [0.1, 0.15) is 28.5 Å². The summed E-state index contributed by atoms with van der Waals surface area (Å²) in [6.45, 7) is 1.27. The van der Waals surface area contributed by atoms with Crippen molar-refractivity contribution in [1.82, 2.24) is 4.57 Å². The molecule has 0 bridgehead atoms. The van der Waals surface area contributed by atoms with E-state index in [0.717, 1.165) is 3.57 Å². The van der Waals surface area contributed by atoms with E-state index in [1.807, 2.05) is 22.6 Å². The Kier molecular flexibility index (Phi) is 7.33. The fourth-order valence-corrected chi connectivity index (χ4v) is 3.12. The lowest BCUT2D eigenvalue weighted by Gasteiger charge is -2.15. The highest BCUT2D eigenvalue weighted by Crippen LogP contribution is 2.20. The third-order valence-corrected chi connectivity index (χ3v) is 4.70. The maximum absolute atomic E-state index is 14.2. The van der Waals surface area contributed by atoms with E-state index in [-0.39, 0.29) is 30.2 Å². The molecular formula is C18H18ClFINO4. The van der Waals surface area contributed by atoms with Gasteiger partial charge in [0.2, 0.25) is 0 Å². The smallest absolute Gasteiger partial charge is 0.269 e. The number of ether oxygens (including phenoxy) is 1. The van der Waals surface area contributed by atoms with E-state index in [9.17, 15) is 19.1 Å². The molecule has 0 amide bonds. The molecule has 0 aliphatic heterocycles. The zero-order valence-electron chi connectivity index (χ0n) is 14.3. The molecule has 0 fully saturated rings. The monoisotopic (exact) mass is 493 g/mol. The van der Waals surface area contributed by atoms with Gasteiger partial charge in [-0.25, -0.2) is 4.39 Å². The van der Waals surface area contributed by atoms with Crippen molar-refractivity contribution in [3.8, 4) is 0 Å². The van der Waals surface area contributed by atoms with Crippen molar-refractivity contribution in [2.75, 3.05) is 13.2 Å². The van der Waals surface area contributed by atoms with Gasteiger partial charge in [0, 0.05) is 28.3 Å². The number of aliphatic hydroxyl groups is 1. The Labute approximate surface area is 168 Å². The highest BCUT2D eigenvalue weighted by Gasteiger charge is 2.19. The van der Waals surface area contributed by atoms with Crippen LogP contribution in [0.4, 0.5) is 4.39 Å². The van der Waals surface area contributed by atoms with E-state index in [0.29, 0.717) is 11.3 Å². The lowest BCUT2D eigenvalue weighted by molar-refractivity contribution is 0.0424. The second kappa shape index (κ2) is 9.07. The Morgan fingerprint density at radius 3 is 2.73 bits per heavy atom. The number of aromatic nitrogens is 1. The van der Waals surface area contributed by atoms with Crippen LogP contribution >= 0.6 is 34.2 Å². The summed E-state index contributed by atoms with van der Waals surface area (Å²) in [5.74, 6) is -0.813. The molecule has 0 spiro atoms. The lowest BCUT2D eigenvalue weighted by Crippen LogP contribution is -2.26. The zero-order valence-corrected chi connectivity index (χ0v) is 17.2. The van der Waals surface area contributed by atoms with Crippen LogP contribution in [0.15, 0.2) is 29.1 Å². The Hall–Kier alpha value is -1.29. The van der Waals surface area contributed by atoms with E-state index in [1.165, 1.54) is 23.7 Å². The minimum absolute atomic E-state index is 0.00627. The number of benzene rings is 1. The largest absolute Gasteiger partial charge is 0.391 e. The number of Topliss-reactive ketones (excluding diaryl/α,β-unsaturated/α-hetero) is 1. The number of hydrogen-bond donors (Lipinski definition) is 1. The van der Waals surface area contributed by atoms with Gasteiger partial charge in [0.15, 0.2) is 5.78 Å². The first-order valence-electron chi connectivity index (χ1n) is 7.82. The second-order valence-corrected chi connectivity index (χ2v) is 7.57. The quantitative estimate of drug-likeness (QED) is 0.476. The van der Waals surface area contributed by atoms with Crippen LogP contribution in [0.5, 0.6) is 0 Å². The van der Waals surface area contributed by atoms with Gasteiger partial charge in [-0.3, -0.25) is 9.59 Å². The van der Waals surface area contributed by atoms with Crippen molar-refractivity contribution < 1.29 is 19.0 Å². The van der Waals surface area contributed by atoms with Crippen molar-refractivity contribution in [3.05, 3.63) is 65.9 Å². The average molecular weight is 494 g/mol. The zero-order chi connectivity index (χ0) is 19.4. The second-order valence-electron chi connectivity index (χ2n) is 5.92. The first-order valence-corrected chi connectivity index (χ1v) is 9.27. The van der Waals surface area contributed by atoms with Crippen molar-refractivity contribution in [3.63, 3.8) is 0 Å². The summed E-state index contributed by atoms with van der Waals surface area (Å²) >= 11 is 7.94. The van der Waals surface area contributed by atoms with Gasteiger partial charge in [-0.1, -0.05) is 17.7 Å². The van der Waals surface area contributed by atoms with Crippen LogP contribution in [0.2, 0.25) is 5.02 Å². The summed E-state index contributed by atoms with van der Waals surface area (Å²) in [5, 5.41) is 9.12. The number of aliphatic hydroxyl groups excluding tert-OH is 1. The highest BCUT2D eigenvalue weighted by atomic mass is 127. The third-order valence-electron chi connectivity index (χ3n) is 3.76. The Balaban J connectivity index is 2.41. The number of rotatable bonds is 7. The molecule has 1 aromatic carbocycles. The molecule has 0 saturated carbocycles. The summed E-state index contributed by atoms with van der Waals surface area (Å²) in [6.07, 6.45) is -0.643. The van der Waals surface area contributed by atoms with Gasteiger partial charge in [0.25, 0.3) is 5.56 Å². The summed E-state index contributed by atoms with van der Waals surface area (Å²) in [7, 11) is 1.49. The van der Waals surface area contributed by atoms with Gasteiger partial charge in [-0.15, -0.1) is 0 Å². The number of halogens is 3. The molecule has 5 nitrogen and oxygen atoms in total. The molecule has 0 unspecified atom stereocenters. The molecule has 8 heteroatoms. The Bertz CT molecular complexity index is 882. The fourth-order valence-electron chi connectivity index (χ4n) is 2.44. The van der Waals surface area contributed by atoms with Gasteiger partial charge in [-0.05, 0) is 53.3 Å². The number of carbonyl (C=O) groups excluding carboxylic acids is 1. The van der Waals surface area contributed by atoms with E-state index >= 15 is 0 Å². The molecule has 0 aliphatic rings. The maximum Gasteiger partial charge on any atom is 0.269 e. The molecule has 2 rings (SSSR count). The molecule has 0 radical (unpaired) electrons. The molecule has 2 aromatic rings. The summed E-state index contributed by atoms with van der Waals surface area (Å²) in [5.41, 5.74) is 0.446. The van der Waals surface area contributed by atoms with Crippen molar-refractivity contribution in [1.29, 1.82) is 0 Å². The average Bonchev–Trinajstić information content (AvgIpc) is 2.56. The number of ketones is 1. The van der Waals surface area contributed by atoms with Gasteiger partial charge in [-0.2, -0.15) is 0 Å². The first kappa shape index (κ1) is 21.0. The fraction of sp³-hybridized carbons (Fsp3) is 0.333. The number of pyridine rings is 1. The predicted molar refractivity (Wildman–Crippen MR) is 105 cm³/mol. The SMILES string of the molecule is C[C@H](O)COCC(=O)c1cc(Cl)c(=O)n(C)c1Cc1ccc(I)cc1F. The normalized spacial score (nSPS) is 12.2. The van der Waals surface area contributed by atoms with Crippen LogP contribution in [0.25, 0.3) is 0 Å². The minimum Gasteiger partial charge on any atom is -0.391 e. The van der Waals surface area contributed by atoms with Crippen molar-refractivity contribution in [2.45, 2.75) is 19.4 Å². The van der Waals surface area contributed by atoms with Crippen LogP contribution in [0.3, 0.4) is 0 Å². The van der Waals surface area contributed by atoms with E-state index < -0.39 is 23.3 Å². The minimum atomic E-state index is -0.702. The van der Waals surface area contributed by atoms with Gasteiger partial charge in [0.1, 0.15) is 17.4 Å². The van der Waals surface area contributed by atoms with Crippen LogP contribution in [-0.4, -0.2) is 34.8 Å². The van der Waals surface area contributed by atoms with Crippen LogP contribution < -0.4 is 5.56 Å². The molecule has 26 heavy (non-hydrogen) atoms. The predicted octanol–water partition coefficient (Wildman–Crippen LogP) is 2.95. The van der Waals surface area contributed by atoms with Crippen LogP contribution in [-0.2, 0) is 18.2 Å². The number of nitrogens with zero attached hydrogens (tertiary/aromatic N) is 1. The topological polar surface area (TPSA) is 68.5 Å². The standard InChI is InChI=1S/C18H18ClFINO4/c1-10(23)8-26-9-17(24)13-7-14(19)18(25)22(2)16(13)5-11-3-4-12(21)6-15(11)20/h3-4,6-7,10,23H,5,8-9H2,1-2H3/t10-/m0/s1. The van der Waals surface area contributed by atoms with Gasteiger partial charge in [0.05, 0.1) is 12.7 Å². The molecule has 0 aliphatic carbocycles. The Morgan fingerprint density at radius 2 is 2.12 bits per heavy atom. The first-order chi connectivity index (χ1) is 12.2. The number of carbonyl (C=O) groups is 1. The molecule has 0 saturated heterocycles. The molecule has 140 valence electrons. The molecule has 1 N–H and O–H groups in total. The summed E-state index contributed by atoms with van der Waals surface area (Å²) in [6, 6.07) is 6.05. The number of hydrogen-bond acceptors (Lipinski definition) is 4. The maximum atomic E-state index is 14.2. The van der Waals surface area contributed by atoms with Crippen molar-refractivity contribution >= 4 is 40.0 Å². The molecule has 1 atom stereocenters. The molecule has 1 aromatic heterocycles. The van der Waals surface area contributed by atoms with Gasteiger partial charge >= 0.3 is 0 Å². The van der Waals surface area contributed by atoms with Gasteiger partial charge < -0.3 is 14.4 Å². The van der Waals surface area contributed by atoms with Crippen molar-refractivity contribution in [2.24, 2.45) is 7.05 Å². The van der Waals surface area contributed by atoms with E-state index in [1.54, 1.807) is 19.1 Å². The van der Waals surface area contributed by atoms with E-state index in [2.05, 4.69) is 0 Å². The molecular weight excluding hydrogens is 476 g/mol. The van der Waals surface area contributed by atoms with E-state index in [4.69, 9.17) is 16.3 Å². The summed E-state index contributed by atoms with van der Waals surface area (Å²) in [4.78, 5) is 24.7. The molecule has 1 heterocycles. The Morgan fingerprint density at radius 1 is 1.42 bits per heavy atom.